The van der Waals surface area contributed by atoms with Crippen LogP contribution in [0.1, 0.15) is 40.0 Å². The fraction of sp³-hybridized carbons (Fsp3) is 0.600. The Morgan fingerprint density at radius 3 is 2.77 bits per heavy atom. The second-order valence-electron chi connectivity index (χ2n) is 8.59. The summed E-state index contributed by atoms with van der Waals surface area (Å²) in [6, 6.07) is 6.05. The van der Waals surface area contributed by atoms with Crippen molar-refractivity contribution < 1.29 is 18.7 Å². The number of ether oxygens (including phenoxy) is 1. The second kappa shape index (κ2) is 6.99. The van der Waals surface area contributed by atoms with Crippen molar-refractivity contribution in [2.75, 3.05) is 31.1 Å². The van der Waals surface area contributed by atoms with Gasteiger partial charge in [0.05, 0.1) is 13.1 Å². The topological polar surface area (TPSA) is 49.9 Å². The van der Waals surface area contributed by atoms with Crippen molar-refractivity contribution in [1.82, 2.24) is 4.90 Å². The van der Waals surface area contributed by atoms with Gasteiger partial charge in [0.2, 0.25) is 5.91 Å². The van der Waals surface area contributed by atoms with Gasteiger partial charge in [-0.3, -0.25) is 9.59 Å². The van der Waals surface area contributed by atoms with E-state index in [1.807, 2.05) is 25.7 Å². The van der Waals surface area contributed by atoms with E-state index in [9.17, 15) is 14.0 Å². The van der Waals surface area contributed by atoms with Crippen LogP contribution in [0.4, 0.5) is 10.1 Å². The number of likely N-dealkylation sites (tertiary alicyclic amines) is 1. The summed E-state index contributed by atoms with van der Waals surface area (Å²) in [5, 5.41) is 0. The number of hydrogen-bond donors (Lipinski definition) is 0. The predicted molar refractivity (Wildman–Crippen MR) is 97.3 cm³/mol. The van der Waals surface area contributed by atoms with Crippen molar-refractivity contribution >= 4 is 17.5 Å². The van der Waals surface area contributed by atoms with Gasteiger partial charge in [-0.05, 0) is 36.5 Å². The number of morpholine rings is 1. The molecule has 1 aromatic rings. The Balaban J connectivity index is 1.76. The van der Waals surface area contributed by atoms with Crippen molar-refractivity contribution in [3.05, 3.63) is 30.1 Å². The van der Waals surface area contributed by atoms with Gasteiger partial charge in [-0.25, -0.2) is 4.39 Å². The molecule has 26 heavy (non-hydrogen) atoms. The Bertz CT molecular complexity index is 701. The van der Waals surface area contributed by atoms with Gasteiger partial charge in [-0.15, -0.1) is 0 Å². The molecule has 142 valence electrons. The Hall–Kier alpha value is -1.95. The van der Waals surface area contributed by atoms with Crippen LogP contribution < -0.4 is 4.90 Å². The third-order valence-corrected chi connectivity index (χ3v) is 4.94. The minimum atomic E-state index is -0.577. The molecule has 1 atom stereocenters. The molecule has 2 aliphatic heterocycles. The molecular weight excluding hydrogens is 335 g/mol. The van der Waals surface area contributed by atoms with Crippen LogP contribution in [-0.2, 0) is 14.3 Å². The summed E-state index contributed by atoms with van der Waals surface area (Å²) in [6.07, 6.45) is 2.10. The first-order valence-corrected chi connectivity index (χ1v) is 9.15. The van der Waals surface area contributed by atoms with E-state index in [2.05, 4.69) is 0 Å². The van der Waals surface area contributed by atoms with Crippen molar-refractivity contribution in [1.29, 1.82) is 0 Å². The number of amides is 2. The monoisotopic (exact) mass is 362 g/mol. The van der Waals surface area contributed by atoms with Gasteiger partial charge in [0.15, 0.2) is 0 Å². The highest BCUT2D eigenvalue weighted by Gasteiger charge is 2.44. The van der Waals surface area contributed by atoms with E-state index in [0.29, 0.717) is 31.7 Å². The van der Waals surface area contributed by atoms with Crippen LogP contribution in [0.5, 0.6) is 0 Å². The summed E-state index contributed by atoms with van der Waals surface area (Å²) < 4.78 is 19.5. The molecule has 0 aliphatic carbocycles. The van der Waals surface area contributed by atoms with E-state index in [0.717, 1.165) is 12.8 Å². The number of nitrogens with zero attached hydrogens (tertiary/aromatic N) is 2. The summed E-state index contributed by atoms with van der Waals surface area (Å²) in [5.41, 5.74) is -0.110. The fourth-order valence-electron chi connectivity index (χ4n) is 3.72. The number of carbonyl (C=O) groups excluding carboxylic acids is 2. The summed E-state index contributed by atoms with van der Waals surface area (Å²) in [5.74, 6) is -0.435. The summed E-state index contributed by atoms with van der Waals surface area (Å²) >= 11 is 0. The van der Waals surface area contributed by atoms with E-state index in [4.69, 9.17) is 4.74 Å². The highest BCUT2D eigenvalue weighted by Crippen LogP contribution is 2.33. The molecule has 2 amide bonds. The van der Waals surface area contributed by atoms with Crippen molar-refractivity contribution in [3.8, 4) is 0 Å². The maximum absolute atomic E-state index is 13.6. The molecule has 0 radical (unpaired) electrons. The molecule has 0 saturated carbocycles. The van der Waals surface area contributed by atoms with Crippen molar-refractivity contribution in [2.45, 2.75) is 45.6 Å². The lowest BCUT2D eigenvalue weighted by Gasteiger charge is -2.48. The van der Waals surface area contributed by atoms with Gasteiger partial charge in [0.25, 0.3) is 5.91 Å². The maximum Gasteiger partial charge on any atom is 0.253 e. The molecule has 5 nitrogen and oxygen atoms in total. The highest BCUT2D eigenvalue weighted by molar-refractivity contribution is 5.95. The van der Waals surface area contributed by atoms with Crippen molar-refractivity contribution in [3.63, 3.8) is 0 Å². The van der Waals surface area contributed by atoms with Gasteiger partial charge < -0.3 is 14.5 Å². The van der Waals surface area contributed by atoms with Crippen LogP contribution >= 0.6 is 0 Å². The SMILES string of the molecule is CC(C)(C)CC(=O)N1CCCC2(C1)CN(c1cccc(F)c1)C(=O)CO2. The molecule has 2 saturated heterocycles. The number of hydrogen-bond acceptors (Lipinski definition) is 3. The standard InChI is InChI=1S/C20H27FN2O3/c1-19(2,3)11-17(24)22-9-5-8-20(13-22)14-23(18(25)12-26-20)16-7-4-6-15(21)10-16/h4,6-7,10H,5,8-9,11-14H2,1-3H3. The number of carbonyl (C=O) groups is 2. The number of benzene rings is 1. The maximum atomic E-state index is 13.6. The number of rotatable bonds is 2. The molecule has 0 bridgehead atoms. The van der Waals surface area contributed by atoms with Crippen LogP contribution in [0.25, 0.3) is 0 Å². The predicted octanol–water partition coefficient (Wildman–Crippen LogP) is 2.99. The summed E-state index contributed by atoms with van der Waals surface area (Å²) in [6.45, 7) is 7.63. The van der Waals surface area contributed by atoms with Crippen LogP contribution in [0.2, 0.25) is 0 Å². The number of halogens is 1. The minimum Gasteiger partial charge on any atom is -0.361 e. The first kappa shape index (κ1) is 18.8. The summed E-state index contributed by atoms with van der Waals surface area (Å²) in [7, 11) is 0. The lowest BCUT2D eigenvalue weighted by molar-refractivity contribution is -0.154. The average molecular weight is 362 g/mol. The molecule has 1 aromatic carbocycles. The van der Waals surface area contributed by atoms with Gasteiger partial charge in [-0.1, -0.05) is 26.8 Å². The third kappa shape index (κ3) is 4.23. The van der Waals surface area contributed by atoms with E-state index in [-0.39, 0.29) is 29.7 Å². The van der Waals surface area contributed by atoms with Crippen LogP contribution in [0.3, 0.4) is 0 Å². The first-order valence-electron chi connectivity index (χ1n) is 9.15. The highest BCUT2D eigenvalue weighted by atomic mass is 19.1. The zero-order chi connectivity index (χ0) is 18.9. The molecule has 2 aliphatic rings. The quantitative estimate of drug-likeness (QED) is 0.813. The number of anilines is 1. The molecule has 2 fully saturated rings. The zero-order valence-electron chi connectivity index (χ0n) is 15.8. The smallest absolute Gasteiger partial charge is 0.253 e. The van der Waals surface area contributed by atoms with Gasteiger partial charge in [-0.2, -0.15) is 0 Å². The molecule has 3 rings (SSSR count). The van der Waals surface area contributed by atoms with Crippen LogP contribution in [0, 0.1) is 11.2 Å². The minimum absolute atomic E-state index is 0.0438. The molecule has 6 heteroatoms. The Morgan fingerprint density at radius 1 is 1.31 bits per heavy atom. The summed E-state index contributed by atoms with van der Waals surface area (Å²) in [4.78, 5) is 28.4. The van der Waals surface area contributed by atoms with E-state index >= 15 is 0 Å². The normalized spacial score (nSPS) is 24.2. The Kier molecular flexibility index (Phi) is 5.06. The molecule has 2 heterocycles. The zero-order valence-corrected chi connectivity index (χ0v) is 15.8. The lowest BCUT2D eigenvalue weighted by atomic mass is 9.88. The van der Waals surface area contributed by atoms with Crippen molar-refractivity contribution in [2.24, 2.45) is 5.41 Å². The third-order valence-electron chi connectivity index (χ3n) is 4.94. The second-order valence-corrected chi connectivity index (χ2v) is 8.59. The van der Waals surface area contributed by atoms with E-state index < -0.39 is 5.60 Å². The van der Waals surface area contributed by atoms with E-state index in [1.54, 1.807) is 17.0 Å². The fourth-order valence-corrected chi connectivity index (χ4v) is 3.72. The van der Waals surface area contributed by atoms with Gasteiger partial charge >= 0.3 is 0 Å². The largest absolute Gasteiger partial charge is 0.361 e. The van der Waals surface area contributed by atoms with Gasteiger partial charge in [0, 0.05) is 18.7 Å². The molecule has 1 spiro atoms. The Labute approximate surface area is 154 Å². The first-order chi connectivity index (χ1) is 12.2. The Morgan fingerprint density at radius 2 is 2.08 bits per heavy atom. The van der Waals surface area contributed by atoms with Gasteiger partial charge in [0.1, 0.15) is 18.0 Å². The lowest BCUT2D eigenvalue weighted by Crippen LogP contribution is -2.62. The number of piperidine rings is 1. The molecule has 0 N–H and O–H groups in total. The molecular formula is C20H27FN2O3. The van der Waals surface area contributed by atoms with E-state index in [1.165, 1.54) is 12.1 Å². The average Bonchev–Trinajstić information content (AvgIpc) is 2.56. The van der Waals surface area contributed by atoms with Crippen LogP contribution in [0.15, 0.2) is 24.3 Å². The molecule has 1 unspecified atom stereocenters. The molecule has 0 aromatic heterocycles. The van der Waals surface area contributed by atoms with Crippen LogP contribution in [-0.4, -0.2) is 48.6 Å².